The molecule has 0 heterocycles. The van der Waals surface area contributed by atoms with E-state index in [2.05, 4.69) is 0 Å². The van der Waals surface area contributed by atoms with Crippen molar-refractivity contribution >= 4 is 29.7 Å². The second-order valence-electron chi connectivity index (χ2n) is 9.62. The number of aliphatic hydroxyl groups excluding tert-OH is 2. The lowest BCUT2D eigenvalue weighted by molar-refractivity contribution is -0.205. The number of ketones is 2. The van der Waals surface area contributed by atoms with Crippen molar-refractivity contribution < 1.29 is 59.2 Å². The molecule has 0 amide bonds. The minimum Gasteiger partial charge on any atom is -0.504 e. The first-order valence-corrected chi connectivity index (χ1v) is 12.9. The van der Waals surface area contributed by atoms with Gasteiger partial charge in [-0.2, -0.15) is 0 Å². The van der Waals surface area contributed by atoms with E-state index >= 15 is 0 Å². The number of hydrogen-bond donors (Lipinski definition) is 7. The Hall–Kier alpha value is -4.27. The quantitative estimate of drug-likeness (QED) is 0.120. The fourth-order valence-electron chi connectivity index (χ4n) is 4.19. The zero-order valence-corrected chi connectivity index (χ0v) is 22.5. The number of aliphatic hydroxyl groups is 2. The first-order chi connectivity index (χ1) is 19.9. The van der Waals surface area contributed by atoms with Crippen LogP contribution >= 0.6 is 0 Å². The minimum absolute atomic E-state index is 0.159. The molecule has 2 aromatic carbocycles. The third kappa shape index (κ3) is 8.61. The van der Waals surface area contributed by atoms with Crippen molar-refractivity contribution in [3.05, 3.63) is 59.7 Å². The van der Waals surface area contributed by atoms with Crippen LogP contribution in [0.5, 0.6) is 23.0 Å². The Balaban J connectivity index is 1.60. The topological polar surface area (TPSA) is 226 Å². The van der Waals surface area contributed by atoms with E-state index in [1.54, 1.807) is 6.07 Å². The predicted octanol–water partition coefficient (Wildman–Crippen LogP) is 0.747. The number of phenols is 3. The van der Waals surface area contributed by atoms with Crippen molar-refractivity contribution in [2.75, 3.05) is 26.4 Å². The van der Waals surface area contributed by atoms with Crippen molar-refractivity contribution in [1.82, 2.24) is 0 Å². The van der Waals surface area contributed by atoms with Gasteiger partial charge in [0.25, 0.3) is 0 Å². The Morgan fingerprint density at radius 2 is 1.50 bits per heavy atom. The lowest BCUT2D eigenvalue weighted by Crippen LogP contribution is -2.58. The highest BCUT2D eigenvalue weighted by molar-refractivity contribution is 5.95. The summed E-state index contributed by atoms with van der Waals surface area (Å²) in [7, 11) is 0. The van der Waals surface area contributed by atoms with Crippen molar-refractivity contribution in [3.8, 4) is 23.0 Å². The maximum absolute atomic E-state index is 12.5. The van der Waals surface area contributed by atoms with E-state index in [0.717, 1.165) is 12.2 Å². The number of carbonyl (C=O) groups excluding carboxylic acids is 2. The molecular formula is C29H33NO12. The molecule has 1 aliphatic rings. The van der Waals surface area contributed by atoms with Crippen LogP contribution in [0.3, 0.4) is 0 Å². The summed E-state index contributed by atoms with van der Waals surface area (Å²) in [5.41, 5.74) is 4.15. The lowest BCUT2D eigenvalue weighted by atomic mass is 9.79. The number of phenolic OH excluding ortho intramolecular Hbond substituents is 3. The van der Waals surface area contributed by atoms with E-state index in [1.807, 2.05) is 0 Å². The maximum Gasteiger partial charge on any atom is 0.336 e. The Bertz CT molecular complexity index is 1340. The number of rotatable bonds is 14. The van der Waals surface area contributed by atoms with Crippen LogP contribution in [0.4, 0.5) is 0 Å². The molecule has 13 nitrogen and oxygen atoms in total. The van der Waals surface area contributed by atoms with Crippen molar-refractivity contribution in [2.24, 2.45) is 5.73 Å². The van der Waals surface area contributed by atoms with Gasteiger partial charge in [0.2, 0.25) is 0 Å². The van der Waals surface area contributed by atoms with E-state index in [9.17, 15) is 45.0 Å². The molecule has 0 spiro atoms. The Kier molecular flexibility index (Phi) is 11.2. The normalized spacial score (nSPS) is 22.4. The van der Waals surface area contributed by atoms with E-state index in [-0.39, 0.29) is 36.1 Å². The molecule has 42 heavy (non-hydrogen) atoms. The van der Waals surface area contributed by atoms with Crippen LogP contribution in [0, 0.1) is 0 Å². The average molecular weight is 588 g/mol. The van der Waals surface area contributed by atoms with E-state index < -0.39 is 67.5 Å². The number of hydrogen-bond acceptors (Lipinski definition) is 12. The highest BCUT2D eigenvalue weighted by Crippen LogP contribution is 2.35. The van der Waals surface area contributed by atoms with Crippen LogP contribution in [0.25, 0.3) is 12.2 Å². The van der Waals surface area contributed by atoms with Gasteiger partial charge in [-0.1, -0.05) is 24.3 Å². The van der Waals surface area contributed by atoms with E-state index in [4.69, 9.17) is 19.9 Å². The van der Waals surface area contributed by atoms with Gasteiger partial charge in [0.05, 0.1) is 12.2 Å². The molecule has 1 saturated carbocycles. The van der Waals surface area contributed by atoms with Gasteiger partial charge in [-0.25, -0.2) is 4.79 Å². The average Bonchev–Trinajstić information content (AvgIpc) is 2.95. The molecule has 4 atom stereocenters. The molecule has 8 N–H and O–H groups in total. The Labute approximate surface area is 240 Å². The first-order valence-electron chi connectivity index (χ1n) is 12.9. The van der Waals surface area contributed by atoms with Gasteiger partial charge < -0.3 is 50.6 Å². The van der Waals surface area contributed by atoms with Gasteiger partial charge in [0.15, 0.2) is 40.2 Å². The highest BCUT2D eigenvalue weighted by Gasteiger charge is 2.52. The Morgan fingerprint density at radius 1 is 0.881 bits per heavy atom. The summed E-state index contributed by atoms with van der Waals surface area (Å²) in [6.07, 6.45) is -0.411. The first kappa shape index (κ1) is 32.2. The molecular weight excluding hydrogens is 554 g/mol. The van der Waals surface area contributed by atoms with Crippen LogP contribution in [-0.4, -0.2) is 98.5 Å². The fraction of sp³-hybridized carbons (Fsp3) is 0.345. The van der Waals surface area contributed by atoms with E-state index in [1.165, 1.54) is 42.5 Å². The molecule has 0 aliphatic heterocycles. The van der Waals surface area contributed by atoms with Gasteiger partial charge in [-0.15, -0.1) is 0 Å². The van der Waals surface area contributed by atoms with Gasteiger partial charge in [0, 0.05) is 19.4 Å². The molecule has 226 valence electrons. The van der Waals surface area contributed by atoms with Gasteiger partial charge in [0.1, 0.15) is 25.9 Å². The summed E-state index contributed by atoms with van der Waals surface area (Å²) in [5.74, 6) is -3.31. The molecule has 0 aromatic heterocycles. The molecule has 3 rings (SSSR count). The van der Waals surface area contributed by atoms with E-state index in [0.29, 0.717) is 11.1 Å². The summed E-state index contributed by atoms with van der Waals surface area (Å²) >= 11 is 0. The number of aromatic hydroxyl groups is 3. The second-order valence-corrected chi connectivity index (χ2v) is 9.62. The third-order valence-corrected chi connectivity index (χ3v) is 6.45. The highest BCUT2D eigenvalue weighted by atomic mass is 16.5. The summed E-state index contributed by atoms with van der Waals surface area (Å²) in [5, 5.41) is 59.6. The van der Waals surface area contributed by atoms with Gasteiger partial charge in [-0.3, -0.25) is 9.59 Å². The van der Waals surface area contributed by atoms with Crippen LogP contribution in [0.15, 0.2) is 48.6 Å². The van der Waals surface area contributed by atoms with Crippen molar-refractivity contribution in [1.29, 1.82) is 0 Å². The SMILES string of the molecule is NCCOc1ccc(C=CC(=O)COC2(C(=O)O)CC(O)C(O)C(OCC(=O)C=Cc3ccc(O)c(O)c3)C2)cc1O. The number of aliphatic carboxylic acids is 1. The zero-order valence-electron chi connectivity index (χ0n) is 22.5. The number of carboxylic acids is 1. The standard InChI is InChI=1S/C29H33NO12/c30-9-10-40-25-8-4-18(12-23(25)35)2-6-20(32)16-42-29(28(38)39)13-24(36)27(37)26(14-29)41-15-19(31)5-1-17-3-7-21(33)22(34)11-17/h1-8,11-12,24,26-27,33-37H,9-10,13-16,30H2,(H,38,39). The smallest absolute Gasteiger partial charge is 0.336 e. The number of ether oxygens (including phenoxy) is 3. The molecule has 1 fully saturated rings. The Morgan fingerprint density at radius 3 is 2.10 bits per heavy atom. The molecule has 1 aliphatic carbocycles. The molecule has 0 bridgehead atoms. The molecule has 4 unspecified atom stereocenters. The fourth-order valence-corrected chi connectivity index (χ4v) is 4.19. The molecule has 0 radical (unpaired) electrons. The largest absolute Gasteiger partial charge is 0.504 e. The van der Waals surface area contributed by atoms with Crippen molar-refractivity contribution in [2.45, 2.75) is 36.8 Å². The van der Waals surface area contributed by atoms with Crippen LogP contribution in [-0.2, 0) is 23.9 Å². The number of nitrogens with two attached hydrogens (primary N) is 1. The monoisotopic (exact) mass is 587 g/mol. The number of benzene rings is 2. The summed E-state index contributed by atoms with van der Waals surface area (Å²) in [4.78, 5) is 36.9. The third-order valence-electron chi connectivity index (χ3n) is 6.45. The second kappa shape index (κ2) is 14.6. The number of carbonyl (C=O) groups is 3. The van der Waals surface area contributed by atoms with Crippen molar-refractivity contribution in [3.63, 3.8) is 0 Å². The summed E-state index contributed by atoms with van der Waals surface area (Å²) in [6, 6.07) is 8.37. The minimum atomic E-state index is -2.09. The molecule has 0 saturated heterocycles. The van der Waals surface area contributed by atoms with Gasteiger partial charge in [-0.05, 0) is 47.5 Å². The molecule has 13 heteroatoms. The summed E-state index contributed by atoms with van der Waals surface area (Å²) < 4.78 is 16.2. The lowest BCUT2D eigenvalue weighted by Gasteiger charge is -2.42. The predicted molar refractivity (Wildman–Crippen MR) is 148 cm³/mol. The maximum atomic E-state index is 12.5. The van der Waals surface area contributed by atoms with Crippen LogP contribution < -0.4 is 10.5 Å². The molecule has 2 aromatic rings. The summed E-state index contributed by atoms with van der Waals surface area (Å²) in [6.45, 7) is -0.777. The van der Waals surface area contributed by atoms with Crippen LogP contribution in [0.1, 0.15) is 24.0 Å². The van der Waals surface area contributed by atoms with Gasteiger partial charge >= 0.3 is 5.97 Å². The zero-order chi connectivity index (χ0) is 30.9. The van der Waals surface area contributed by atoms with Crippen LogP contribution in [0.2, 0.25) is 0 Å². The number of carboxylic acid groups (broad SMARTS) is 1.